The number of nitrogens with zero attached hydrogens (tertiary/aromatic N) is 1. The summed E-state index contributed by atoms with van der Waals surface area (Å²) in [7, 11) is -1.98. The van der Waals surface area contributed by atoms with Crippen molar-refractivity contribution < 1.29 is 9.16 Å². The number of ether oxygens (including phenoxy) is 1. The quantitative estimate of drug-likeness (QED) is 0.164. The van der Waals surface area contributed by atoms with Crippen LogP contribution in [0.15, 0.2) is 66.7 Å². The third kappa shape index (κ3) is 6.41. The third-order valence-corrected chi connectivity index (χ3v) is 16.4. The Kier molecular flexibility index (Phi) is 9.66. The van der Waals surface area contributed by atoms with Crippen molar-refractivity contribution in [2.45, 2.75) is 77.9 Å². The van der Waals surface area contributed by atoms with Gasteiger partial charge in [0, 0.05) is 32.9 Å². The summed E-state index contributed by atoms with van der Waals surface area (Å²) in [5, 5.41) is 4.96. The highest BCUT2D eigenvalue weighted by atomic mass is 32.1. The number of aryl methyl sites for hydroxylation is 1. The lowest BCUT2D eigenvalue weighted by Crippen LogP contribution is -2.50. The average Bonchev–Trinajstić information content (AvgIpc) is 3.61. The summed E-state index contributed by atoms with van der Waals surface area (Å²) in [5.74, 6) is 1.93. The summed E-state index contributed by atoms with van der Waals surface area (Å²) in [6.07, 6.45) is 2.63. The second kappa shape index (κ2) is 13.2. The lowest BCUT2D eigenvalue weighted by molar-refractivity contribution is 0.238. The van der Waals surface area contributed by atoms with Gasteiger partial charge in [-0.1, -0.05) is 47.6 Å². The molecule has 0 saturated carbocycles. The Bertz CT molecular complexity index is 1430. The van der Waals surface area contributed by atoms with Gasteiger partial charge >= 0.3 is 0 Å². The van der Waals surface area contributed by atoms with E-state index in [1.54, 1.807) is 0 Å². The monoisotopic (exact) mass is 600 g/mol. The molecule has 0 amide bonds. The summed E-state index contributed by atoms with van der Waals surface area (Å²) < 4.78 is 14.2. The van der Waals surface area contributed by atoms with Crippen molar-refractivity contribution in [3.63, 3.8) is 0 Å². The second-order valence-corrected chi connectivity index (χ2v) is 19.2. The average molecular weight is 601 g/mol. The number of hydrogen-bond acceptors (Lipinski definition) is 5. The van der Waals surface area contributed by atoms with E-state index in [4.69, 9.17) is 9.16 Å². The largest absolute Gasteiger partial charge is 0.543 e. The van der Waals surface area contributed by atoms with E-state index in [-0.39, 0.29) is 0 Å². The summed E-state index contributed by atoms with van der Waals surface area (Å²) >= 11 is 1.86. The van der Waals surface area contributed by atoms with E-state index in [0.717, 1.165) is 36.0 Å². The Morgan fingerprint density at radius 2 is 1.43 bits per heavy atom. The molecule has 0 spiro atoms. The normalized spacial score (nSPS) is 14.4. The van der Waals surface area contributed by atoms with Crippen molar-refractivity contribution >= 4 is 41.1 Å². The molecule has 1 aliphatic heterocycles. The molecule has 1 N–H and O–H groups in total. The molecule has 4 aromatic rings. The molecule has 1 fully saturated rings. The molecule has 3 aromatic carbocycles. The minimum Gasteiger partial charge on any atom is -0.543 e. The van der Waals surface area contributed by atoms with Gasteiger partial charge in [-0.15, -0.1) is 11.3 Å². The molecular weight excluding hydrogens is 553 g/mol. The Morgan fingerprint density at radius 1 is 0.810 bits per heavy atom. The fourth-order valence-corrected chi connectivity index (χ4v) is 13.5. The topological polar surface area (TPSA) is 33.7 Å². The molecule has 5 rings (SSSR count). The standard InChI is InChI=1S/C36H48N2O2SSi/c1-25(2)42(26(3)4,27(5)6)40-32-17-13-29(14-18-32)36-28(7)35-33(11-10-12-34(35)41-36)37-30-15-19-31(20-16-30)39-24-23-38-21-8-9-22-38/h10-20,25-27,37H,8-9,21-24H2,1-7H3. The van der Waals surface area contributed by atoms with Gasteiger partial charge < -0.3 is 14.5 Å². The van der Waals surface area contributed by atoms with Crippen LogP contribution in [-0.2, 0) is 0 Å². The van der Waals surface area contributed by atoms with E-state index in [9.17, 15) is 0 Å². The predicted octanol–water partition coefficient (Wildman–Crippen LogP) is 10.6. The summed E-state index contributed by atoms with van der Waals surface area (Å²) in [4.78, 5) is 3.79. The first-order valence-corrected chi connectivity index (χ1v) is 18.7. The fourth-order valence-electron chi connectivity index (χ4n) is 7.00. The van der Waals surface area contributed by atoms with Gasteiger partial charge in [0.25, 0.3) is 8.32 Å². The van der Waals surface area contributed by atoms with Gasteiger partial charge in [-0.3, -0.25) is 4.90 Å². The molecule has 1 saturated heterocycles. The van der Waals surface area contributed by atoms with Crippen molar-refractivity contribution in [2.24, 2.45) is 0 Å². The Balaban J connectivity index is 1.31. The summed E-state index contributed by atoms with van der Waals surface area (Å²) in [5.41, 5.74) is 6.41. The molecule has 1 aromatic heterocycles. The Labute approximate surface area is 258 Å². The van der Waals surface area contributed by atoms with Crippen molar-refractivity contribution in [1.82, 2.24) is 4.90 Å². The van der Waals surface area contributed by atoms with Crippen LogP contribution in [0.4, 0.5) is 11.4 Å². The van der Waals surface area contributed by atoms with Crippen LogP contribution in [0.5, 0.6) is 11.5 Å². The van der Waals surface area contributed by atoms with Gasteiger partial charge in [-0.05, 0) is 121 Å². The molecule has 4 nitrogen and oxygen atoms in total. The van der Waals surface area contributed by atoms with E-state index < -0.39 is 8.32 Å². The number of benzene rings is 3. The molecule has 224 valence electrons. The number of fused-ring (bicyclic) bond motifs is 1. The van der Waals surface area contributed by atoms with E-state index in [1.807, 2.05) is 11.3 Å². The molecule has 0 atom stereocenters. The smallest absolute Gasteiger partial charge is 0.258 e. The van der Waals surface area contributed by atoms with Gasteiger partial charge in [0.05, 0.1) is 0 Å². The van der Waals surface area contributed by atoms with Gasteiger partial charge in [0.1, 0.15) is 18.1 Å². The summed E-state index contributed by atoms with van der Waals surface area (Å²) in [6.45, 7) is 20.4. The van der Waals surface area contributed by atoms with Crippen molar-refractivity contribution in [1.29, 1.82) is 0 Å². The number of rotatable bonds is 12. The Morgan fingerprint density at radius 3 is 2.05 bits per heavy atom. The molecule has 0 aliphatic carbocycles. The molecule has 6 heteroatoms. The molecule has 0 radical (unpaired) electrons. The molecule has 2 heterocycles. The lowest BCUT2D eigenvalue weighted by Gasteiger charge is -2.42. The zero-order chi connectivity index (χ0) is 29.9. The van der Waals surface area contributed by atoms with Crippen LogP contribution in [-0.4, -0.2) is 39.5 Å². The maximum atomic E-state index is 6.93. The molecule has 0 bridgehead atoms. The van der Waals surface area contributed by atoms with Crippen molar-refractivity contribution in [3.05, 3.63) is 72.3 Å². The highest BCUT2D eigenvalue weighted by molar-refractivity contribution is 7.22. The van der Waals surface area contributed by atoms with E-state index in [1.165, 1.54) is 52.0 Å². The first-order valence-electron chi connectivity index (χ1n) is 15.7. The van der Waals surface area contributed by atoms with Crippen LogP contribution >= 0.6 is 11.3 Å². The van der Waals surface area contributed by atoms with Crippen LogP contribution in [0.2, 0.25) is 16.6 Å². The van der Waals surface area contributed by atoms with Crippen LogP contribution in [0, 0.1) is 6.92 Å². The number of hydrogen-bond donors (Lipinski definition) is 1. The van der Waals surface area contributed by atoms with Crippen LogP contribution in [0.1, 0.15) is 59.9 Å². The Hall–Kier alpha value is -2.80. The highest BCUT2D eigenvalue weighted by Gasteiger charge is 2.47. The zero-order valence-corrected chi connectivity index (χ0v) is 28.3. The summed E-state index contributed by atoms with van der Waals surface area (Å²) in [6, 6.07) is 23.7. The predicted molar refractivity (Wildman–Crippen MR) is 185 cm³/mol. The van der Waals surface area contributed by atoms with E-state index >= 15 is 0 Å². The first-order chi connectivity index (χ1) is 20.2. The third-order valence-electron chi connectivity index (χ3n) is 9.08. The van der Waals surface area contributed by atoms with Crippen LogP contribution < -0.4 is 14.5 Å². The first kappa shape index (κ1) is 30.6. The highest BCUT2D eigenvalue weighted by Crippen LogP contribution is 2.45. The minimum absolute atomic E-state index is 0.552. The molecule has 42 heavy (non-hydrogen) atoms. The minimum atomic E-state index is -1.98. The fraction of sp³-hybridized carbons (Fsp3) is 0.444. The van der Waals surface area contributed by atoms with Crippen LogP contribution in [0.3, 0.4) is 0 Å². The maximum absolute atomic E-state index is 6.93. The molecule has 0 unspecified atom stereocenters. The number of thiophene rings is 1. The molecular formula is C36H48N2O2SSi. The van der Waals surface area contributed by atoms with Crippen molar-refractivity contribution in [3.8, 4) is 21.9 Å². The number of nitrogens with one attached hydrogen (secondary N) is 1. The number of anilines is 2. The maximum Gasteiger partial charge on any atom is 0.258 e. The van der Waals surface area contributed by atoms with Crippen LogP contribution in [0.25, 0.3) is 20.5 Å². The lowest BCUT2D eigenvalue weighted by atomic mass is 10.1. The van der Waals surface area contributed by atoms with E-state index in [2.05, 4.69) is 125 Å². The molecule has 1 aliphatic rings. The SMILES string of the molecule is Cc1c(-c2ccc(O[Si](C(C)C)(C(C)C)C(C)C)cc2)sc2cccc(Nc3ccc(OCCN4CCCC4)cc3)c12. The van der Waals surface area contributed by atoms with Gasteiger partial charge in [0.2, 0.25) is 0 Å². The second-order valence-electron chi connectivity index (χ2n) is 12.7. The van der Waals surface area contributed by atoms with Crippen molar-refractivity contribution in [2.75, 3.05) is 31.6 Å². The van der Waals surface area contributed by atoms with Gasteiger partial charge in [-0.2, -0.15) is 0 Å². The van der Waals surface area contributed by atoms with E-state index in [0.29, 0.717) is 16.6 Å². The van der Waals surface area contributed by atoms with Gasteiger partial charge in [0.15, 0.2) is 0 Å². The number of likely N-dealkylation sites (tertiary alicyclic amines) is 1. The zero-order valence-electron chi connectivity index (χ0n) is 26.5. The van der Waals surface area contributed by atoms with Gasteiger partial charge in [-0.25, -0.2) is 0 Å².